The van der Waals surface area contributed by atoms with Gasteiger partial charge in [-0.15, -0.1) is 0 Å². The second-order valence-corrected chi connectivity index (χ2v) is 5.86. The van der Waals surface area contributed by atoms with Crippen molar-refractivity contribution in [2.24, 2.45) is 0 Å². The molecule has 0 radical (unpaired) electrons. The van der Waals surface area contributed by atoms with Gasteiger partial charge in [-0.1, -0.05) is 69.6 Å². The second kappa shape index (κ2) is 5.66. The first-order valence-electron chi connectivity index (χ1n) is 4.70. The molecule has 0 bridgehead atoms. The van der Waals surface area contributed by atoms with Gasteiger partial charge in [-0.05, 0) is 24.3 Å². The molecule has 0 amide bonds. The third-order valence-electron chi connectivity index (χ3n) is 2.32. The van der Waals surface area contributed by atoms with E-state index in [1.54, 1.807) is 24.3 Å². The van der Waals surface area contributed by atoms with Crippen LogP contribution in [-0.4, -0.2) is 0 Å². The van der Waals surface area contributed by atoms with E-state index in [1.807, 2.05) is 0 Å². The first kappa shape index (κ1) is 14.6. The highest BCUT2D eigenvalue weighted by Gasteiger charge is 2.16. The Labute approximate surface area is 134 Å². The lowest BCUT2D eigenvalue weighted by Gasteiger charge is -2.11. The monoisotopic (exact) mass is 370 g/mol. The van der Waals surface area contributed by atoms with Gasteiger partial charge in [0.1, 0.15) is 0 Å². The molecular formula is C12H4Cl6. The molecule has 0 aliphatic heterocycles. The Morgan fingerprint density at radius 2 is 1.22 bits per heavy atom. The van der Waals surface area contributed by atoms with Gasteiger partial charge in [0.05, 0.1) is 20.1 Å². The minimum atomic E-state index is 0.192. The summed E-state index contributed by atoms with van der Waals surface area (Å²) in [5, 5.41) is 2.03. The lowest BCUT2D eigenvalue weighted by Crippen LogP contribution is -1.85. The molecule has 6 heteroatoms. The molecule has 2 aromatic carbocycles. The predicted octanol–water partition coefficient (Wildman–Crippen LogP) is 7.27. The van der Waals surface area contributed by atoms with Crippen LogP contribution in [0.15, 0.2) is 24.3 Å². The van der Waals surface area contributed by atoms with E-state index in [0.717, 1.165) is 0 Å². The molecule has 0 unspecified atom stereocenters. The van der Waals surface area contributed by atoms with E-state index >= 15 is 0 Å². The van der Waals surface area contributed by atoms with E-state index in [-0.39, 0.29) is 15.1 Å². The summed E-state index contributed by atoms with van der Waals surface area (Å²) < 4.78 is 0. The van der Waals surface area contributed by atoms with E-state index in [2.05, 4.69) is 0 Å². The van der Waals surface area contributed by atoms with Gasteiger partial charge in [0, 0.05) is 21.2 Å². The van der Waals surface area contributed by atoms with Crippen molar-refractivity contribution in [3.05, 3.63) is 54.4 Å². The smallest absolute Gasteiger partial charge is 0.0800 e. The molecule has 0 saturated heterocycles. The summed E-state index contributed by atoms with van der Waals surface area (Å²) in [5.74, 6) is 0. The third-order valence-corrected chi connectivity index (χ3v) is 4.64. The quantitative estimate of drug-likeness (QED) is 0.364. The first-order valence-corrected chi connectivity index (χ1v) is 6.97. The average molecular weight is 373 g/mol. The molecule has 2 aromatic rings. The molecule has 0 heterocycles. The van der Waals surface area contributed by atoms with Crippen molar-refractivity contribution in [1.82, 2.24) is 0 Å². The lowest BCUT2D eigenvalue weighted by molar-refractivity contribution is 1.61. The zero-order chi connectivity index (χ0) is 13.4. The zero-order valence-corrected chi connectivity index (χ0v) is 13.1. The summed E-state index contributed by atoms with van der Waals surface area (Å²) in [6.07, 6.45) is 0. The van der Waals surface area contributed by atoms with E-state index in [9.17, 15) is 0 Å². The number of hydrogen-bond donors (Lipinski definition) is 0. The molecule has 0 saturated carbocycles. The number of rotatable bonds is 1. The molecule has 0 nitrogen and oxygen atoms in total. The van der Waals surface area contributed by atoms with Crippen molar-refractivity contribution < 1.29 is 0 Å². The fourth-order valence-electron chi connectivity index (χ4n) is 1.47. The van der Waals surface area contributed by atoms with Crippen LogP contribution >= 0.6 is 69.6 Å². The summed E-state index contributed by atoms with van der Waals surface area (Å²) in [6.45, 7) is 0. The number of halogens is 6. The second-order valence-electron chi connectivity index (χ2n) is 3.47. The van der Waals surface area contributed by atoms with Crippen LogP contribution in [0, 0.1) is 0 Å². The summed E-state index contributed by atoms with van der Waals surface area (Å²) in [4.78, 5) is 0. The van der Waals surface area contributed by atoms with Gasteiger partial charge in [-0.25, -0.2) is 0 Å². The van der Waals surface area contributed by atoms with Gasteiger partial charge in [-0.3, -0.25) is 0 Å². The maximum atomic E-state index is 6.15. The summed E-state index contributed by atoms with van der Waals surface area (Å²) >= 11 is 36.1. The highest BCUT2D eigenvalue weighted by atomic mass is 35.5. The molecule has 0 aromatic heterocycles. The van der Waals surface area contributed by atoms with Crippen LogP contribution in [0.2, 0.25) is 30.1 Å². The molecule has 94 valence electrons. The van der Waals surface area contributed by atoms with E-state index in [4.69, 9.17) is 69.6 Å². The highest BCUT2D eigenvalue weighted by Crippen LogP contribution is 2.44. The minimum Gasteiger partial charge on any atom is -0.0843 e. The molecule has 0 atom stereocenters. The normalized spacial score (nSPS) is 10.8. The van der Waals surface area contributed by atoms with Crippen LogP contribution in [-0.2, 0) is 0 Å². The zero-order valence-electron chi connectivity index (χ0n) is 8.58. The Bertz CT molecular complexity index is 620. The van der Waals surface area contributed by atoms with Crippen molar-refractivity contribution in [1.29, 1.82) is 0 Å². The van der Waals surface area contributed by atoms with E-state index in [1.165, 1.54) is 0 Å². The van der Waals surface area contributed by atoms with Gasteiger partial charge >= 0.3 is 0 Å². The molecule has 0 aliphatic carbocycles. The van der Waals surface area contributed by atoms with Gasteiger partial charge in [0.2, 0.25) is 0 Å². The Morgan fingerprint density at radius 1 is 0.556 bits per heavy atom. The largest absolute Gasteiger partial charge is 0.0843 e. The molecule has 0 aliphatic rings. The predicted molar refractivity (Wildman–Crippen MR) is 81.9 cm³/mol. The fourth-order valence-corrected chi connectivity index (χ4v) is 2.77. The van der Waals surface area contributed by atoms with Crippen molar-refractivity contribution in [3.63, 3.8) is 0 Å². The standard InChI is InChI=1S/C12H4Cl6/c13-5-1-2-8(14)6(3-5)7-4-9(15)11(17)12(18)10(7)16/h1-4H/i1+1,2+1,3+1,4+1,5+1,6+1,7+1,8+1,9+1,10+1,11+1,12+1. The van der Waals surface area contributed by atoms with Crippen LogP contribution in [0.25, 0.3) is 11.1 Å². The van der Waals surface area contributed by atoms with Crippen LogP contribution in [0.1, 0.15) is 0 Å². The SMILES string of the molecule is Cl[13c]1[13cH][13cH][13c](Cl)[13c](-[13c]2[13cH][13c](Cl)[13c](Cl)[13c](Cl)[13c]2Cl)[13cH]1. The number of benzene rings is 2. The Hall–Kier alpha value is 0.180. The first-order chi connectivity index (χ1) is 8.41. The van der Waals surface area contributed by atoms with Gasteiger partial charge in [0.15, 0.2) is 0 Å². The number of hydrogen-bond acceptors (Lipinski definition) is 0. The molecule has 0 fully saturated rings. The van der Waals surface area contributed by atoms with Crippen molar-refractivity contribution >= 4 is 69.6 Å². The summed E-state index contributed by atoms with van der Waals surface area (Å²) in [7, 11) is 0. The van der Waals surface area contributed by atoms with E-state index < -0.39 is 0 Å². The average Bonchev–Trinajstić information content (AvgIpc) is 2.34. The van der Waals surface area contributed by atoms with Crippen LogP contribution in [0.4, 0.5) is 0 Å². The van der Waals surface area contributed by atoms with Crippen LogP contribution in [0.5, 0.6) is 0 Å². The van der Waals surface area contributed by atoms with E-state index in [0.29, 0.717) is 26.2 Å². The highest BCUT2D eigenvalue weighted by molar-refractivity contribution is 6.53. The van der Waals surface area contributed by atoms with Gasteiger partial charge < -0.3 is 0 Å². The lowest BCUT2D eigenvalue weighted by atomic mass is 11.0. The van der Waals surface area contributed by atoms with Crippen molar-refractivity contribution in [3.8, 4) is 11.1 Å². The van der Waals surface area contributed by atoms with Crippen molar-refractivity contribution in [2.45, 2.75) is 0 Å². The minimum absolute atomic E-state index is 0.192. The maximum Gasteiger partial charge on any atom is 0.0800 e. The molecule has 0 N–H and O–H groups in total. The fraction of sp³-hybridized carbons (Fsp3) is 0. The Kier molecular flexibility index (Phi) is 4.59. The topological polar surface area (TPSA) is 0 Å². The summed E-state index contributed by atoms with van der Waals surface area (Å²) in [5.41, 5.74) is 1.23. The molecular weight excluding hydrogens is 369 g/mol. The van der Waals surface area contributed by atoms with Crippen LogP contribution < -0.4 is 0 Å². The van der Waals surface area contributed by atoms with Gasteiger partial charge in [-0.2, -0.15) is 0 Å². The maximum absolute atomic E-state index is 6.15. The third kappa shape index (κ3) is 2.70. The molecule has 2 rings (SSSR count). The Morgan fingerprint density at radius 3 is 1.89 bits per heavy atom. The summed E-state index contributed by atoms with van der Waals surface area (Å²) in [6, 6.07) is 6.65. The van der Waals surface area contributed by atoms with Gasteiger partial charge in [0.25, 0.3) is 0 Å². The molecule has 0 spiro atoms. The van der Waals surface area contributed by atoms with Crippen molar-refractivity contribution in [2.75, 3.05) is 0 Å². The Balaban J connectivity index is 2.75. The molecule has 18 heavy (non-hydrogen) atoms. The van der Waals surface area contributed by atoms with Crippen LogP contribution in [0.3, 0.4) is 0 Å².